The molecule has 4 nitrogen and oxygen atoms in total. The highest BCUT2D eigenvalue weighted by Gasteiger charge is 2.57. The molecule has 4 rings (SSSR count). The minimum atomic E-state index is -0.393. The Kier molecular flexibility index (Phi) is 2.75. The summed E-state index contributed by atoms with van der Waals surface area (Å²) < 4.78 is 11.5. The summed E-state index contributed by atoms with van der Waals surface area (Å²) in [6.07, 6.45) is 10.6. The van der Waals surface area contributed by atoms with Crippen LogP contribution in [-0.2, 0) is 9.47 Å². The van der Waals surface area contributed by atoms with Crippen LogP contribution in [0.5, 0.6) is 0 Å². The van der Waals surface area contributed by atoms with Gasteiger partial charge in [-0.1, -0.05) is 11.6 Å². The molecule has 4 aliphatic rings. The summed E-state index contributed by atoms with van der Waals surface area (Å²) >= 11 is 0. The minimum absolute atomic E-state index is 0.0721. The maximum Gasteiger partial charge on any atom is 0.470 e. The molecule has 0 fully saturated rings. The zero-order valence-electron chi connectivity index (χ0n) is 12.4. The molecule has 2 aliphatic carbocycles. The number of hydrogen-bond acceptors (Lipinski definition) is 4. The van der Waals surface area contributed by atoms with Gasteiger partial charge in [-0.3, -0.25) is 0 Å². The minimum Gasteiger partial charge on any atom is -0.493 e. The standard InChI is InChI=1S/C17H20NO3/c1-10-3-4-14-17(9-10)6-5-15(20-2)18-12-7-11(19)8-13(21-14)16(12)17/h6,9,11-12,14,19H,3-4,7-8H2,1-2H3/q+1/t11-,12-,14-,17?/m1/s1. The summed E-state index contributed by atoms with van der Waals surface area (Å²) in [4.78, 5) is 4.64. The first kappa shape index (κ1) is 13.1. The van der Waals surface area contributed by atoms with E-state index in [1.54, 1.807) is 7.11 Å². The summed E-state index contributed by atoms with van der Waals surface area (Å²) in [5, 5.41) is 10.1. The Labute approximate surface area is 124 Å². The normalized spacial score (nSPS) is 40.2. The molecule has 0 radical (unpaired) electrons. The van der Waals surface area contributed by atoms with Crippen molar-refractivity contribution >= 4 is 5.90 Å². The third kappa shape index (κ3) is 1.79. The number of hydrogen-bond donors (Lipinski definition) is 1. The molecule has 0 aromatic heterocycles. The van der Waals surface area contributed by atoms with E-state index in [9.17, 15) is 5.11 Å². The van der Waals surface area contributed by atoms with Crippen LogP contribution >= 0.6 is 0 Å². The molecule has 0 aromatic carbocycles. The number of rotatable bonds is 0. The van der Waals surface area contributed by atoms with Crippen molar-refractivity contribution < 1.29 is 14.6 Å². The fourth-order valence-electron chi connectivity index (χ4n) is 4.16. The topological polar surface area (TPSA) is 51.0 Å². The predicted molar refractivity (Wildman–Crippen MR) is 78.6 cm³/mol. The number of aliphatic imine (C=N–C) groups is 1. The van der Waals surface area contributed by atoms with Crippen molar-refractivity contribution in [1.82, 2.24) is 0 Å². The number of methoxy groups -OCH3 is 1. The van der Waals surface area contributed by atoms with Crippen LogP contribution in [-0.4, -0.2) is 36.4 Å². The van der Waals surface area contributed by atoms with Crippen LogP contribution < -0.4 is 0 Å². The first-order chi connectivity index (χ1) is 10.1. The molecule has 2 aliphatic heterocycles. The lowest BCUT2D eigenvalue weighted by molar-refractivity contribution is 0.0676. The van der Waals surface area contributed by atoms with Gasteiger partial charge >= 0.3 is 12.0 Å². The monoisotopic (exact) mass is 286 g/mol. The van der Waals surface area contributed by atoms with E-state index < -0.39 is 6.10 Å². The summed E-state index contributed by atoms with van der Waals surface area (Å²) in [6.45, 7) is 2.17. The Morgan fingerprint density at radius 2 is 2.38 bits per heavy atom. The van der Waals surface area contributed by atoms with E-state index in [1.165, 1.54) is 11.1 Å². The highest BCUT2D eigenvalue weighted by Crippen LogP contribution is 2.55. The van der Waals surface area contributed by atoms with Crippen molar-refractivity contribution in [1.29, 1.82) is 0 Å². The van der Waals surface area contributed by atoms with Crippen molar-refractivity contribution in [3.63, 3.8) is 0 Å². The number of aliphatic hydroxyl groups excluding tert-OH is 1. The fraction of sp³-hybridized carbons (Fsp3) is 0.588. The Morgan fingerprint density at radius 3 is 3.19 bits per heavy atom. The van der Waals surface area contributed by atoms with E-state index in [4.69, 9.17) is 9.47 Å². The SMILES string of the molecule is COC1=N[C@@H]2C[C@@H](O)CC3=C2C2(C=[C+]1)C=C(C)CC[C@H]2O3. The molecular weight excluding hydrogens is 266 g/mol. The van der Waals surface area contributed by atoms with E-state index >= 15 is 0 Å². The van der Waals surface area contributed by atoms with E-state index in [0.717, 1.165) is 18.6 Å². The van der Waals surface area contributed by atoms with Gasteiger partial charge in [-0.05, 0) is 19.8 Å². The molecule has 0 saturated heterocycles. The molecule has 21 heavy (non-hydrogen) atoms. The van der Waals surface area contributed by atoms with Crippen molar-refractivity contribution in [2.24, 2.45) is 10.4 Å². The molecule has 0 saturated carbocycles. The molecule has 1 unspecified atom stereocenters. The zero-order valence-corrected chi connectivity index (χ0v) is 12.4. The van der Waals surface area contributed by atoms with E-state index in [1.807, 2.05) is 0 Å². The maximum absolute atomic E-state index is 10.1. The smallest absolute Gasteiger partial charge is 0.470 e. The van der Waals surface area contributed by atoms with Crippen LogP contribution in [0, 0.1) is 11.5 Å². The van der Waals surface area contributed by atoms with E-state index in [-0.39, 0.29) is 17.6 Å². The van der Waals surface area contributed by atoms with Gasteiger partial charge in [0.1, 0.15) is 17.3 Å². The van der Waals surface area contributed by atoms with Crippen molar-refractivity contribution in [3.8, 4) is 0 Å². The molecule has 110 valence electrons. The molecule has 0 amide bonds. The zero-order chi connectivity index (χ0) is 14.6. The number of ether oxygens (including phenoxy) is 2. The summed E-state index contributed by atoms with van der Waals surface area (Å²) in [6, 6.07) is -0.0721. The van der Waals surface area contributed by atoms with E-state index in [2.05, 4.69) is 30.1 Å². The third-order valence-corrected chi connectivity index (χ3v) is 5.02. The van der Waals surface area contributed by atoms with Crippen LogP contribution in [0.3, 0.4) is 0 Å². The lowest BCUT2D eigenvalue weighted by atomic mass is 9.66. The second-order valence-electron chi connectivity index (χ2n) is 6.44. The van der Waals surface area contributed by atoms with Crippen LogP contribution in [0.1, 0.15) is 32.6 Å². The first-order valence-electron chi connectivity index (χ1n) is 7.61. The molecule has 4 heteroatoms. The second kappa shape index (κ2) is 4.43. The molecule has 1 N–H and O–H groups in total. The van der Waals surface area contributed by atoms with Gasteiger partial charge in [0.2, 0.25) is 0 Å². The van der Waals surface area contributed by atoms with Gasteiger partial charge < -0.3 is 14.6 Å². The Hall–Kier alpha value is -1.64. The number of aliphatic hydroxyl groups is 1. The van der Waals surface area contributed by atoms with E-state index in [0.29, 0.717) is 18.7 Å². The lowest BCUT2D eigenvalue weighted by Gasteiger charge is -2.33. The lowest BCUT2D eigenvalue weighted by Crippen LogP contribution is -2.37. The van der Waals surface area contributed by atoms with Crippen LogP contribution in [0.4, 0.5) is 0 Å². The molecule has 1 spiro atoms. The van der Waals surface area contributed by atoms with Gasteiger partial charge in [-0.2, -0.15) is 4.99 Å². The Bertz CT molecular complexity index is 601. The molecule has 2 heterocycles. The van der Waals surface area contributed by atoms with Gasteiger partial charge in [0.05, 0.1) is 19.3 Å². The van der Waals surface area contributed by atoms with Gasteiger partial charge in [0.15, 0.2) is 6.08 Å². The third-order valence-electron chi connectivity index (χ3n) is 5.02. The second-order valence-corrected chi connectivity index (χ2v) is 6.44. The van der Waals surface area contributed by atoms with Crippen LogP contribution in [0.25, 0.3) is 0 Å². The highest BCUT2D eigenvalue weighted by molar-refractivity contribution is 5.85. The number of allylic oxidation sites excluding steroid dienone is 1. The molecule has 4 atom stereocenters. The van der Waals surface area contributed by atoms with Gasteiger partial charge in [0, 0.05) is 18.4 Å². The van der Waals surface area contributed by atoms with Crippen molar-refractivity contribution in [2.45, 2.75) is 50.9 Å². The van der Waals surface area contributed by atoms with Gasteiger partial charge in [-0.25, -0.2) is 0 Å². The largest absolute Gasteiger partial charge is 0.493 e. The highest BCUT2D eigenvalue weighted by atomic mass is 16.5. The van der Waals surface area contributed by atoms with Crippen molar-refractivity contribution in [2.75, 3.05) is 7.11 Å². The van der Waals surface area contributed by atoms with Gasteiger partial charge in [0.25, 0.3) is 0 Å². The average Bonchev–Trinajstić information content (AvgIpc) is 2.67. The predicted octanol–water partition coefficient (Wildman–Crippen LogP) is 2.31. The quantitative estimate of drug-likeness (QED) is 0.549. The van der Waals surface area contributed by atoms with Gasteiger partial charge in [-0.15, -0.1) is 0 Å². The summed E-state index contributed by atoms with van der Waals surface area (Å²) in [5.74, 6) is 1.45. The maximum atomic E-state index is 10.1. The average molecular weight is 286 g/mol. The summed E-state index contributed by atoms with van der Waals surface area (Å²) in [5.41, 5.74) is 2.36. The Morgan fingerprint density at radius 1 is 1.52 bits per heavy atom. The summed E-state index contributed by atoms with van der Waals surface area (Å²) in [7, 11) is 1.61. The number of nitrogens with zero attached hydrogens (tertiary/aromatic N) is 1. The fourth-order valence-corrected chi connectivity index (χ4v) is 4.16. The first-order valence-corrected chi connectivity index (χ1v) is 7.61. The Balaban J connectivity index is 1.91. The van der Waals surface area contributed by atoms with Crippen molar-refractivity contribution in [3.05, 3.63) is 35.1 Å². The molecule has 0 bridgehead atoms. The van der Waals surface area contributed by atoms with Crippen LogP contribution in [0.2, 0.25) is 0 Å². The van der Waals surface area contributed by atoms with Crippen LogP contribution in [0.15, 0.2) is 34.0 Å². The molecule has 0 aromatic rings. The molecular formula is C17H20NO3+.